The number of fused-ring (bicyclic) bond motifs is 1. The highest BCUT2D eigenvalue weighted by molar-refractivity contribution is 5.91. The van der Waals surface area contributed by atoms with Crippen molar-refractivity contribution in [2.24, 2.45) is 0 Å². The van der Waals surface area contributed by atoms with Crippen molar-refractivity contribution >= 4 is 12.0 Å². The average Bonchev–Trinajstić information content (AvgIpc) is 3.39. The number of carbonyl (C=O) groups is 1. The molecule has 1 saturated heterocycles. The van der Waals surface area contributed by atoms with Crippen molar-refractivity contribution in [2.75, 3.05) is 13.1 Å². The minimum Gasteiger partial charge on any atom is -0.338 e. The van der Waals surface area contributed by atoms with Crippen LogP contribution in [0.4, 0.5) is 0 Å². The molecule has 0 saturated carbocycles. The van der Waals surface area contributed by atoms with Gasteiger partial charge in [-0.15, -0.1) is 10.2 Å². The molecule has 7 nitrogen and oxygen atoms in total. The first-order valence-corrected chi connectivity index (χ1v) is 11.3. The van der Waals surface area contributed by atoms with Crippen LogP contribution in [-0.2, 0) is 17.8 Å². The second kappa shape index (κ2) is 8.88. The van der Waals surface area contributed by atoms with Crippen LogP contribution in [-0.4, -0.2) is 48.4 Å². The lowest BCUT2D eigenvalue weighted by atomic mass is 9.97. The normalized spacial score (nSPS) is 19.4. The van der Waals surface area contributed by atoms with Gasteiger partial charge in [-0.05, 0) is 43.9 Å². The summed E-state index contributed by atoms with van der Waals surface area (Å²) in [7, 11) is 0. The summed E-state index contributed by atoms with van der Waals surface area (Å²) in [4.78, 5) is 14.8. The van der Waals surface area contributed by atoms with Crippen LogP contribution in [0.3, 0.4) is 0 Å². The molecular weight excluding hydrogens is 388 g/mol. The van der Waals surface area contributed by atoms with Gasteiger partial charge >= 0.3 is 0 Å². The molecule has 1 amide bonds. The summed E-state index contributed by atoms with van der Waals surface area (Å²) in [6.07, 6.45) is 13.9. The van der Waals surface area contributed by atoms with Crippen molar-refractivity contribution < 1.29 is 4.79 Å². The van der Waals surface area contributed by atoms with Crippen LogP contribution in [0.5, 0.6) is 0 Å². The molecule has 1 fully saturated rings. The summed E-state index contributed by atoms with van der Waals surface area (Å²) in [6.45, 7) is 2.52. The number of hydrogen-bond donors (Lipinski definition) is 0. The molecule has 0 spiro atoms. The van der Waals surface area contributed by atoms with Crippen LogP contribution >= 0.6 is 0 Å². The summed E-state index contributed by atoms with van der Waals surface area (Å²) in [6, 6.07) is 9.96. The number of aromatic nitrogens is 5. The van der Waals surface area contributed by atoms with Crippen molar-refractivity contribution in [1.29, 1.82) is 0 Å². The molecule has 0 radical (unpaired) electrons. The molecule has 5 rings (SSSR count). The van der Waals surface area contributed by atoms with Gasteiger partial charge in [0.05, 0.1) is 11.9 Å². The van der Waals surface area contributed by atoms with Crippen molar-refractivity contribution in [3.8, 4) is 5.69 Å². The number of benzene rings is 1. The summed E-state index contributed by atoms with van der Waals surface area (Å²) in [5.74, 6) is 2.51. The molecule has 0 aliphatic carbocycles. The van der Waals surface area contributed by atoms with E-state index in [4.69, 9.17) is 0 Å². The molecule has 1 aromatic carbocycles. The van der Waals surface area contributed by atoms with E-state index in [-0.39, 0.29) is 11.8 Å². The Hall–Kier alpha value is -3.22. The zero-order valence-corrected chi connectivity index (χ0v) is 17.7. The molecule has 7 heteroatoms. The quantitative estimate of drug-likeness (QED) is 0.610. The number of hydrogen-bond acceptors (Lipinski definition) is 4. The Kier molecular flexibility index (Phi) is 5.65. The maximum absolute atomic E-state index is 12.9. The first-order valence-electron chi connectivity index (χ1n) is 11.3. The van der Waals surface area contributed by atoms with Gasteiger partial charge in [0, 0.05) is 49.8 Å². The van der Waals surface area contributed by atoms with Gasteiger partial charge in [0.25, 0.3) is 0 Å². The molecule has 3 aromatic rings. The zero-order chi connectivity index (χ0) is 21.0. The third kappa shape index (κ3) is 4.31. The predicted molar refractivity (Wildman–Crippen MR) is 119 cm³/mol. The molecule has 2 aromatic heterocycles. The number of carbonyl (C=O) groups excluding carboxylic acids is 1. The van der Waals surface area contributed by atoms with Gasteiger partial charge in [-0.3, -0.25) is 4.79 Å². The van der Waals surface area contributed by atoms with Crippen LogP contribution in [0.2, 0.25) is 0 Å². The molecule has 31 heavy (non-hydrogen) atoms. The maximum Gasteiger partial charge on any atom is 0.246 e. The summed E-state index contributed by atoms with van der Waals surface area (Å²) < 4.78 is 4.14. The van der Waals surface area contributed by atoms with Gasteiger partial charge < -0.3 is 9.47 Å². The van der Waals surface area contributed by atoms with Crippen molar-refractivity contribution in [3.63, 3.8) is 0 Å². The Morgan fingerprint density at radius 2 is 1.94 bits per heavy atom. The Morgan fingerprint density at radius 1 is 1.03 bits per heavy atom. The molecule has 0 N–H and O–H groups in total. The number of amides is 1. The van der Waals surface area contributed by atoms with Crippen molar-refractivity contribution in [1.82, 2.24) is 29.4 Å². The van der Waals surface area contributed by atoms with E-state index in [1.807, 2.05) is 52.2 Å². The van der Waals surface area contributed by atoms with Crippen LogP contribution in [0.25, 0.3) is 11.8 Å². The van der Waals surface area contributed by atoms with E-state index in [2.05, 4.69) is 19.9 Å². The highest BCUT2D eigenvalue weighted by atomic mass is 16.2. The fourth-order valence-electron chi connectivity index (χ4n) is 4.62. The number of piperidine rings is 1. The van der Waals surface area contributed by atoms with Gasteiger partial charge in [0.2, 0.25) is 5.91 Å². The first kappa shape index (κ1) is 19.7. The number of rotatable bonds is 4. The van der Waals surface area contributed by atoms with Gasteiger partial charge in [0.15, 0.2) is 0 Å². The fourth-order valence-corrected chi connectivity index (χ4v) is 4.62. The second-order valence-corrected chi connectivity index (χ2v) is 8.45. The zero-order valence-electron chi connectivity index (χ0n) is 17.7. The molecule has 160 valence electrons. The van der Waals surface area contributed by atoms with Crippen molar-refractivity contribution in [2.45, 2.75) is 51.0 Å². The van der Waals surface area contributed by atoms with Gasteiger partial charge in [-0.25, -0.2) is 4.68 Å². The molecule has 4 heterocycles. The Morgan fingerprint density at radius 3 is 2.84 bits per heavy atom. The van der Waals surface area contributed by atoms with Gasteiger partial charge in [0.1, 0.15) is 11.6 Å². The minimum atomic E-state index is 0.0489. The van der Waals surface area contributed by atoms with E-state index >= 15 is 0 Å². The van der Waals surface area contributed by atoms with Crippen LogP contribution in [0.15, 0.2) is 48.8 Å². The maximum atomic E-state index is 12.9. The van der Waals surface area contributed by atoms with E-state index in [9.17, 15) is 4.79 Å². The smallest absolute Gasteiger partial charge is 0.246 e. The lowest BCUT2D eigenvalue weighted by molar-refractivity contribution is -0.127. The summed E-state index contributed by atoms with van der Waals surface area (Å²) in [5.41, 5.74) is 1.91. The number of para-hydroxylation sites is 1. The third-order valence-corrected chi connectivity index (χ3v) is 6.28. The van der Waals surface area contributed by atoms with E-state index in [0.717, 1.165) is 55.3 Å². The standard InChI is InChI=1S/C24H28N6O/c31-23(13-12-19-16-25-30(17-19)21-9-3-1-4-10-21)28-14-7-8-20(18-28)24-27-26-22-11-5-2-6-15-29(22)24/h1,3-4,9-10,12-13,16-17,20H,2,5-8,11,14-15,18H2. The lowest BCUT2D eigenvalue weighted by Gasteiger charge is -2.31. The number of aryl methyl sites for hydroxylation is 1. The fraction of sp³-hybridized carbons (Fsp3) is 0.417. The Balaban J connectivity index is 1.25. The molecule has 0 bridgehead atoms. The highest BCUT2D eigenvalue weighted by Gasteiger charge is 2.28. The van der Waals surface area contributed by atoms with E-state index < -0.39 is 0 Å². The highest BCUT2D eigenvalue weighted by Crippen LogP contribution is 2.28. The Labute approximate surface area is 182 Å². The molecule has 2 aliphatic heterocycles. The molecular formula is C24H28N6O. The van der Waals surface area contributed by atoms with Gasteiger partial charge in [-0.1, -0.05) is 24.6 Å². The molecule has 1 atom stereocenters. The molecule has 1 unspecified atom stereocenters. The summed E-state index contributed by atoms with van der Waals surface area (Å²) in [5, 5.41) is 13.4. The third-order valence-electron chi connectivity index (χ3n) is 6.28. The topological polar surface area (TPSA) is 68.8 Å². The van der Waals surface area contributed by atoms with Crippen LogP contribution in [0, 0.1) is 0 Å². The molecule has 2 aliphatic rings. The SMILES string of the molecule is O=C(C=Cc1cnn(-c2ccccc2)c1)N1CCCC(c2nnc3n2CCCCC3)C1. The van der Waals surface area contributed by atoms with Crippen LogP contribution in [0.1, 0.15) is 55.2 Å². The van der Waals surface area contributed by atoms with Gasteiger partial charge in [-0.2, -0.15) is 5.10 Å². The van der Waals surface area contributed by atoms with Crippen molar-refractivity contribution in [3.05, 3.63) is 66.0 Å². The van der Waals surface area contributed by atoms with E-state index in [1.54, 1.807) is 12.3 Å². The summed E-state index contributed by atoms with van der Waals surface area (Å²) >= 11 is 0. The largest absolute Gasteiger partial charge is 0.338 e. The number of nitrogens with zero attached hydrogens (tertiary/aromatic N) is 6. The Bertz CT molecular complexity index is 1070. The predicted octanol–water partition coefficient (Wildman–Crippen LogP) is 3.61. The van der Waals surface area contributed by atoms with E-state index in [1.165, 1.54) is 19.3 Å². The van der Waals surface area contributed by atoms with E-state index in [0.29, 0.717) is 6.54 Å². The van der Waals surface area contributed by atoms with Crippen LogP contribution < -0.4 is 0 Å². The first-order chi connectivity index (χ1) is 15.3. The monoisotopic (exact) mass is 416 g/mol. The lowest BCUT2D eigenvalue weighted by Crippen LogP contribution is -2.39. The number of likely N-dealkylation sites (tertiary alicyclic amines) is 1. The minimum absolute atomic E-state index is 0.0489. The average molecular weight is 417 g/mol. The second-order valence-electron chi connectivity index (χ2n) is 8.45.